The number of sulfonamides is 1. The first kappa shape index (κ1) is 18.4. The van der Waals surface area contributed by atoms with Crippen molar-refractivity contribution in [2.45, 2.75) is 31.1 Å². The van der Waals surface area contributed by atoms with Crippen LogP contribution in [-0.2, 0) is 19.6 Å². The van der Waals surface area contributed by atoms with E-state index in [1.54, 1.807) is 24.3 Å². The summed E-state index contributed by atoms with van der Waals surface area (Å²) >= 11 is 0. The van der Waals surface area contributed by atoms with Gasteiger partial charge in [-0.1, -0.05) is 17.7 Å². The molecule has 8 heteroatoms. The first-order valence-electron chi connectivity index (χ1n) is 7.87. The molecular formula is C16H22N2O5S. The maximum atomic E-state index is 12.6. The lowest BCUT2D eigenvalue weighted by molar-refractivity contribution is -0.137. The molecule has 1 aromatic carbocycles. The zero-order valence-electron chi connectivity index (χ0n) is 13.6. The Balaban J connectivity index is 1.91. The van der Waals surface area contributed by atoms with E-state index < -0.39 is 16.0 Å². The van der Waals surface area contributed by atoms with Crippen LogP contribution in [0.1, 0.15) is 24.8 Å². The van der Waals surface area contributed by atoms with Crippen molar-refractivity contribution in [1.82, 2.24) is 9.62 Å². The molecule has 0 atom stereocenters. The van der Waals surface area contributed by atoms with Crippen LogP contribution >= 0.6 is 0 Å². The Morgan fingerprint density at radius 1 is 1.21 bits per heavy atom. The second-order valence-electron chi connectivity index (χ2n) is 5.93. The van der Waals surface area contributed by atoms with Gasteiger partial charge < -0.3 is 10.4 Å². The van der Waals surface area contributed by atoms with Gasteiger partial charge in [0.25, 0.3) is 0 Å². The molecule has 0 spiro atoms. The number of aryl methyl sites for hydroxylation is 1. The molecule has 0 bridgehead atoms. The molecule has 1 saturated heterocycles. The molecule has 2 N–H and O–H groups in total. The number of nitrogens with one attached hydrogen (secondary N) is 1. The van der Waals surface area contributed by atoms with Crippen molar-refractivity contribution >= 4 is 21.9 Å². The highest BCUT2D eigenvalue weighted by molar-refractivity contribution is 7.89. The number of piperidine rings is 1. The maximum absolute atomic E-state index is 12.6. The van der Waals surface area contributed by atoms with E-state index in [-0.39, 0.29) is 42.8 Å². The average molecular weight is 354 g/mol. The number of nitrogens with zero attached hydrogens (tertiary/aromatic N) is 1. The lowest BCUT2D eigenvalue weighted by Gasteiger charge is -2.30. The fourth-order valence-electron chi connectivity index (χ4n) is 2.65. The quantitative estimate of drug-likeness (QED) is 0.793. The van der Waals surface area contributed by atoms with Crippen LogP contribution in [-0.4, -0.2) is 49.3 Å². The number of rotatable bonds is 6. The largest absolute Gasteiger partial charge is 0.481 e. The normalized spacial score (nSPS) is 16.7. The highest BCUT2D eigenvalue weighted by Crippen LogP contribution is 2.24. The summed E-state index contributed by atoms with van der Waals surface area (Å²) in [6.45, 7) is 2.56. The van der Waals surface area contributed by atoms with Gasteiger partial charge in [-0.15, -0.1) is 0 Å². The van der Waals surface area contributed by atoms with Gasteiger partial charge in [0.1, 0.15) is 0 Å². The van der Waals surface area contributed by atoms with E-state index >= 15 is 0 Å². The second kappa shape index (κ2) is 7.76. The molecule has 1 heterocycles. The summed E-state index contributed by atoms with van der Waals surface area (Å²) in [5, 5.41) is 11.1. The van der Waals surface area contributed by atoms with Gasteiger partial charge in [0, 0.05) is 25.6 Å². The van der Waals surface area contributed by atoms with Crippen LogP contribution < -0.4 is 5.32 Å². The van der Waals surface area contributed by atoms with Crippen LogP contribution in [0.25, 0.3) is 0 Å². The zero-order valence-corrected chi connectivity index (χ0v) is 14.4. The molecule has 132 valence electrons. The molecular weight excluding hydrogens is 332 g/mol. The molecule has 0 aromatic heterocycles. The predicted octanol–water partition coefficient (Wildman–Crippen LogP) is 0.987. The summed E-state index contributed by atoms with van der Waals surface area (Å²) in [5.74, 6) is -1.44. The van der Waals surface area contributed by atoms with Crippen LogP contribution in [0.15, 0.2) is 29.2 Å². The van der Waals surface area contributed by atoms with Crippen molar-refractivity contribution < 1.29 is 23.1 Å². The number of carboxylic acid groups (broad SMARTS) is 1. The van der Waals surface area contributed by atoms with Gasteiger partial charge in [-0.3, -0.25) is 9.59 Å². The highest BCUT2D eigenvalue weighted by atomic mass is 32.2. The summed E-state index contributed by atoms with van der Waals surface area (Å²) in [6.07, 6.45) is 0.750. The molecule has 1 aliphatic rings. The molecule has 2 rings (SSSR count). The van der Waals surface area contributed by atoms with E-state index in [9.17, 15) is 18.0 Å². The third-order valence-corrected chi connectivity index (χ3v) is 6.03. The van der Waals surface area contributed by atoms with Crippen LogP contribution in [0.5, 0.6) is 0 Å². The predicted molar refractivity (Wildman–Crippen MR) is 87.9 cm³/mol. The number of benzene rings is 1. The topological polar surface area (TPSA) is 104 Å². The van der Waals surface area contributed by atoms with E-state index in [4.69, 9.17) is 5.11 Å². The Labute approximate surface area is 141 Å². The number of carbonyl (C=O) groups excluding carboxylic acids is 1. The van der Waals surface area contributed by atoms with Gasteiger partial charge in [-0.05, 0) is 31.9 Å². The lowest BCUT2D eigenvalue weighted by atomic mass is 9.97. The Kier molecular flexibility index (Phi) is 5.95. The van der Waals surface area contributed by atoms with E-state index in [1.807, 2.05) is 6.92 Å². The van der Waals surface area contributed by atoms with Crippen molar-refractivity contribution in [3.63, 3.8) is 0 Å². The number of hydrogen-bond acceptors (Lipinski definition) is 4. The molecule has 1 aliphatic heterocycles. The molecule has 0 unspecified atom stereocenters. The van der Waals surface area contributed by atoms with Crippen molar-refractivity contribution in [1.29, 1.82) is 0 Å². The summed E-state index contributed by atoms with van der Waals surface area (Å²) in [5.41, 5.74) is 0.991. The molecule has 7 nitrogen and oxygen atoms in total. The summed E-state index contributed by atoms with van der Waals surface area (Å²) in [4.78, 5) is 22.7. The van der Waals surface area contributed by atoms with Crippen molar-refractivity contribution in [2.75, 3.05) is 19.6 Å². The number of carboxylic acids is 1. The van der Waals surface area contributed by atoms with Crippen molar-refractivity contribution in [2.24, 2.45) is 5.92 Å². The van der Waals surface area contributed by atoms with Gasteiger partial charge in [-0.2, -0.15) is 4.31 Å². The maximum Gasteiger partial charge on any atom is 0.305 e. The molecule has 1 aromatic rings. The summed E-state index contributed by atoms with van der Waals surface area (Å²) in [6, 6.07) is 6.70. The van der Waals surface area contributed by atoms with Gasteiger partial charge in [0.05, 0.1) is 11.3 Å². The smallest absolute Gasteiger partial charge is 0.305 e. The Bertz CT molecular complexity index is 692. The standard InChI is InChI=1S/C16H22N2O5S/c1-12-2-4-14(5-3-12)24(22,23)18-10-7-13(8-11-18)16(21)17-9-6-15(19)20/h2-5,13H,6-11H2,1H3,(H,17,21)(H,19,20). The molecule has 0 aliphatic carbocycles. The van der Waals surface area contributed by atoms with Crippen molar-refractivity contribution in [3.05, 3.63) is 29.8 Å². The van der Waals surface area contributed by atoms with Crippen LogP contribution in [0.4, 0.5) is 0 Å². The van der Waals surface area contributed by atoms with E-state index in [0.717, 1.165) is 5.56 Å². The molecule has 24 heavy (non-hydrogen) atoms. The Morgan fingerprint density at radius 3 is 2.33 bits per heavy atom. The number of amides is 1. The minimum absolute atomic E-state index is 0.0933. The van der Waals surface area contributed by atoms with Crippen LogP contribution in [0.3, 0.4) is 0 Å². The third kappa shape index (κ3) is 4.55. The highest BCUT2D eigenvalue weighted by Gasteiger charge is 2.31. The number of hydrogen-bond donors (Lipinski definition) is 2. The van der Waals surface area contributed by atoms with Gasteiger partial charge in [-0.25, -0.2) is 8.42 Å². The lowest BCUT2D eigenvalue weighted by Crippen LogP contribution is -2.43. The molecule has 1 fully saturated rings. The first-order valence-corrected chi connectivity index (χ1v) is 9.31. The number of aliphatic carboxylic acids is 1. The van der Waals surface area contributed by atoms with Gasteiger partial charge in [0.15, 0.2) is 0 Å². The summed E-state index contributed by atoms with van der Waals surface area (Å²) < 4.78 is 26.6. The second-order valence-corrected chi connectivity index (χ2v) is 7.86. The Morgan fingerprint density at radius 2 is 1.79 bits per heavy atom. The van der Waals surface area contributed by atoms with Crippen LogP contribution in [0, 0.1) is 12.8 Å². The molecule has 1 amide bonds. The Hall–Kier alpha value is -1.93. The summed E-state index contributed by atoms with van der Waals surface area (Å²) in [7, 11) is -3.53. The van der Waals surface area contributed by atoms with Crippen LogP contribution in [0.2, 0.25) is 0 Å². The van der Waals surface area contributed by atoms with E-state index in [0.29, 0.717) is 12.8 Å². The molecule has 0 saturated carbocycles. The van der Waals surface area contributed by atoms with E-state index in [2.05, 4.69) is 5.32 Å². The average Bonchev–Trinajstić information content (AvgIpc) is 2.55. The third-order valence-electron chi connectivity index (χ3n) is 4.12. The number of carbonyl (C=O) groups is 2. The SMILES string of the molecule is Cc1ccc(S(=O)(=O)N2CCC(C(=O)NCCC(=O)O)CC2)cc1. The minimum atomic E-state index is -3.53. The fourth-order valence-corrected chi connectivity index (χ4v) is 4.12. The molecule has 0 radical (unpaired) electrons. The van der Waals surface area contributed by atoms with Gasteiger partial charge in [0.2, 0.25) is 15.9 Å². The monoisotopic (exact) mass is 354 g/mol. The fraction of sp³-hybridized carbons (Fsp3) is 0.500. The van der Waals surface area contributed by atoms with E-state index in [1.165, 1.54) is 4.31 Å². The van der Waals surface area contributed by atoms with Gasteiger partial charge >= 0.3 is 5.97 Å². The van der Waals surface area contributed by atoms with Crippen molar-refractivity contribution in [3.8, 4) is 0 Å². The zero-order chi connectivity index (χ0) is 17.7. The minimum Gasteiger partial charge on any atom is -0.481 e. The first-order chi connectivity index (χ1) is 11.3.